The van der Waals surface area contributed by atoms with Crippen LogP contribution in [0.3, 0.4) is 0 Å². The summed E-state index contributed by atoms with van der Waals surface area (Å²) in [6.07, 6.45) is 0. The van der Waals surface area contributed by atoms with Crippen LogP contribution in [-0.2, 0) is 9.84 Å². The smallest absolute Gasteiger partial charge is 0.322 e. The minimum atomic E-state index is -4.67. The highest BCUT2D eigenvalue weighted by atomic mass is 32.2. The van der Waals surface area contributed by atoms with Crippen molar-refractivity contribution in [1.82, 2.24) is 0 Å². The predicted octanol–water partition coefficient (Wildman–Crippen LogP) is 4.09. The van der Waals surface area contributed by atoms with E-state index in [0.717, 1.165) is 22.9 Å². The summed E-state index contributed by atoms with van der Waals surface area (Å²) < 4.78 is 47.8. The summed E-state index contributed by atoms with van der Waals surface area (Å²) in [5.41, 5.74) is 0.745. The fraction of sp³-hybridized carbons (Fsp3) is 0.0556. The number of fused-ring (bicyclic) bond motifs is 1. The molecular formula is C18H13F2NO3S. The molecule has 0 aliphatic rings. The van der Waals surface area contributed by atoms with E-state index in [0.29, 0.717) is 5.69 Å². The van der Waals surface area contributed by atoms with Crippen molar-refractivity contribution >= 4 is 32.2 Å². The molecule has 0 aliphatic carbocycles. The molecule has 4 nitrogen and oxygen atoms in total. The Morgan fingerprint density at radius 3 is 2.16 bits per heavy atom. The van der Waals surface area contributed by atoms with Crippen molar-refractivity contribution in [3.63, 3.8) is 0 Å². The predicted molar refractivity (Wildman–Crippen MR) is 91.5 cm³/mol. The molecule has 7 heteroatoms. The maximum absolute atomic E-state index is 12.5. The Balaban J connectivity index is 1.81. The van der Waals surface area contributed by atoms with Crippen LogP contribution in [0, 0.1) is 0 Å². The lowest BCUT2D eigenvalue weighted by molar-refractivity contribution is 0.102. The zero-order valence-electron chi connectivity index (χ0n) is 12.8. The first-order valence-corrected chi connectivity index (χ1v) is 8.85. The third-order valence-corrected chi connectivity index (χ3v) is 5.09. The van der Waals surface area contributed by atoms with Gasteiger partial charge in [-0.15, -0.1) is 0 Å². The zero-order chi connectivity index (χ0) is 18.0. The maximum Gasteiger partial charge on any atom is 0.341 e. The van der Waals surface area contributed by atoms with Crippen LogP contribution in [0.25, 0.3) is 10.8 Å². The molecule has 0 bridgehead atoms. The normalized spacial score (nSPS) is 11.6. The van der Waals surface area contributed by atoms with Gasteiger partial charge in [-0.05, 0) is 47.2 Å². The lowest BCUT2D eigenvalue weighted by atomic mass is 10.1. The molecule has 0 saturated heterocycles. The number of hydrogen-bond donors (Lipinski definition) is 1. The summed E-state index contributed by atoms with van der Waals surface area (Å²) in [4.78, 5) is 11.7. The van der Waals surface area contributed by atoms with Crippen molar-refractivity contribution in [1.29, 1.82) is 0 Å². The average molecular weight is 361 g/mol. The molecular weight excluding hydrogens is 348 g/mol. The molecule has 0 fully saturated rings. The fourth-order valence-electron chi connectivity index (χ4n) is 2.37. The number of anilines is 1. The molecule has 1 N–H and O–H groups in total. The number of alkyl halides is 2. The van der Waals surface area contributed by atoms with E-state index in [-0.39, 0.29) is 5.56 Å². The van der Waals surface area contributed by atoms with Crippen LogP contribution in [-0.4, -0.2) is 20.1 Å². The molecule has 0 heterocycles. The third kappa shape index (κ3) is 3.51. The van der Waals surface area contributed by atoms with Crippen LogP contribution >= 0.6 is 0 Å². The number of hydrogen-bond acceptors (Lipinski definition) is 3. The number of carbonyl (C=O) groups is 1. The number of halogens is 2. The Labute approximate surface area is 143 Å². The molecule has 3 rings (SSSR count). The Morgan fingerprint density at radius 2 is 1.52 bits per heavy atom. The Morgan fingerprint density at radius 1 is 0.880 bits per heavy atom. The number of sulfone groups is 1. The summed E-state index contributed by atoms with van der Waals surface area (Å²) in [5, 5.41) is 4.68. The molecule has 25 heavy (non-hydrogen) atoms. The van der Waals surface area contributed by atoms with Gasteiger partial charge in [0.25, 0.3) is 5.91 Å². The summed E-state index contributed by atoms with van der Waals surface area (Å²) in [5.74, 6) is -3.96. The van der Waals surface area contributed by atoms with Crippen molar-refractivity contribution in [2.45, 2.75) is 10.7 Å². The van der Waals surface area contributed by atoms with E-state index >= 15 is 0 Å². The van der Waals surface area contributed by atoms with Gasteiger partial charge in [-0.25, -0.2) is 8.42 Å². The number of nitrogens with one attached hydrogen (secondary N) is 1. The summed E-state index contributed by atoms with van der Waals surface area (Å²) in [6, 6.07) is 17.5. The molecule has 0 spiro atoms. The molecule has 128 valence electrons. The van der Waals surface area contributed by atoms with Gasteiger partial charge in [0.2, 0.25) is 9.84 Å². The van der Waals surface area contributed by atoms with Gasteiger partial charge in [0.15, 0.2) is 0 Å². The lowest BCUT2D eigenvalue weighted by Gasteiger charge is -2.08. The SMILES string of the molecule is O=C(Nc1ccc2ccccc2c1)c1ccc(S(=O)(=O)C(F)F)cc1. The summed E-state index contributed by atoms with van der Waals surface area (Å²) in [6.45, 7) is 0. The van der Waals surface area contributed by atoms with E-state index in [1.807, 2.05) is 36.4 Å². The van der Waals surface area contributed by atoms with Gasteiger partial charge in [-0.1, -0.05) is 30.3 Å². The van der Waals surface area contributed by atoms with Crippen LogP contribution in [0.2, 0.25) is 0 Å². The van der Waals surface area contributed by atoms with Crippen molar-refractivity contribution in [3.8, 4) is 0 Å². The standard InChI is InChI=1S/C18H13F2NO3S/c19-18(20)25(23,24)16-9-6-13(7-10-16)17(22)21-15-8-5-12-3-1-2-4-14(12)11-15/h1-11,18H,(H,21,22). The third-order valence-electron chi connectivity index (χ3n) is 3.69. The van der Waals surface area contributed by atoms with Gasteiger partial charge in [-0.3, -0.25) is 4.79 Å². The fourth-order valence-corrected chi connectivity index (χ4v) is 3.09. The van der Waals surface area contributed by atoms with E-state index in [4.69, 9.17) is 0 Å². The largest absolute Gasteiger partial charge is 0.341 e. The summed E-state index contributed by atoms with van der Waals surface area (Å²) >= 11 is 0. The van der Waals surface area contributed by atoms with E-state index < -0.39 is 26.4 Å². The first kappa shape index (κ1) is 17.0. The number of carbonyl (C=O) groups excluding carboxylic acids is 1. The maximum atomic E-state index is 12.5. The molecule has 0 aliphatic heterocycles. The van der Waals surface area contributed by atoms with Crippen LogP contribution in [0.5, 0.6) is 0 Å². The summed E-state index contributed by atoms with van der Waals surface area (Å²) in [7, 11) is -4.67. The second-order valence-corrected chi connectivity index (χ2v) is 7.26. The molecule has 0 atom stereocenters. The molecule has 0 saturated carbocycles. The highest BCUT2D eigenvalue weighted by molar-refractivity contribution is 7.91. The highest BCUT2D eigenvalue weighted by Gasteiger charge is 2.26. The number of amides is 1. The topological polar surface area (TPSA) is 63.2 Å². The average Bonchev–Trinajstić information content (AvgIpc) is 2.61. The number of benzene rings is 3. The second kappa shape index (κ2) is 6.60. The van der Waals surface area contributed by atoms with Crippen LogP contribution in [0.4, 0.5) is 14.5 Å². The van der Waals surface area contributed by atoms with Gasteiger partial charge in [0, 0.05) is 11.3 Å². The van der Waals surface area contributed by atoms with Crippen LogP contribution in [0.15, 0.2) is 71.6 Å². The zero-order valence-corrected chi connectivity index (χ0v) is 13.6. The van der Waals surface area contributed by atoms with Crippen LogP contribution < -0.4 is 5.32 Å². The van der Waals surface area contributed by atoms with Crippen LogP contribution in [0.1, 0.15) is 10.4 Å². The van der Waals surface area contributed by atoms with E-state index in [1.165, 1.54) is 12.1 Å². The van der Waals surface area contributed by atoms with Gasteiger partial charge in [0.1, 0.15) is 0 Å². The highest BCUT2D eigenvalue weighted by Crippen LogP contribution is 2.21. The lowest BCUT2D eigenvalue weighted by Crippen LogP contribution is -2.14. The Kier molecular flexibility index (Phi) is 4.50. The molecule has 1 amide bonds. The minimum absolute atomic E-state index is 0.168. The Hall–Kier alpha value is -2.80. The van der Waals surface area contributed by atoms with Crippen molar-refractivity contribution < 1.29 is 22.0 Å². The van der Waals surface area contributed by atoms with Gasteiger partial charge in [0.05, 0.1) is 4.90 Å². The number of rotatable bonds is 4. The first-order valence-electron chi connectivity index (χ1n) is 7.30. The molecule has 3 aromatic rings. The molecule has 0 radical (unpaired) electrons. The first-order chi connectivity index (χ1) is 11.9. The van der Waals surface area contributed by atoms with Crippen molar-refractivity contribution in [2.75, 3.05) is 5.32 Å². The van der Waals surface area contributed by atoms with Crippen molar-refractivity contribution in [3.05, 3.63) is 72.3 Å². The van der Waals surface area contributed by atoms with Gasteiger partial charge < -0.3 is 5.32 Å². The van der Waals surface area contributed by atoms with Gasteiger partial charge in [-0.2, -0.15) is 8.78 Å². The second-order valence-electron chi connectivity index (χ2n) is 5.35. The van der Waals surface area contributed by atoms with E-state index in [2.05, 4.69) is 5.32 Å². The molecule has 3 aromatic carbocycles. The van der Waals surface area contributed by atoms with E-state index in [1.54, 1.807) is 6.07 Å². The van der Waals surface area contributed by atoms with Crippen molar-refractivity contribution in [2.24, 2.45) is 0 Å². The Bertz CT molecular complexity index is 1030. The van der Waals surface area contributed by atoms with E-state index in [9.17, 15) is 22.0 Å². The monoisotopic (exact) mass is 361 g/mol. The minimum Gasteiger partial charge on any atom is -0.322 e. The van der Waals surface area contributed by atoms with Gasteiger partial charge >= 0.3 is 5.76 Å². The quantitative estimate of drug-likeness (QED) is 0.761. The molecule has 0 unspecified atom stereocenters. The molecule has 0 aromatic heterocycles.